The largest absolute Gasteiger partial charge is 0.456 e. The average Bonchev–Trinajstić information content (AvgIpc) is 3.73. The Hall–Kier alpha value is -8.26. The van der Waals surface area contributed by atoms with E-state index in [1.165, 1.54) is 115 Å². The summed E-state index contributed by atoms with van der Waals surface area (Å²) in [5, 5.41) is 17.8. The first-order valence-corrected chi connectivity index (χ1v) is 21.8. The lowest BCUT2D eigenvalue weighted by Gasteiger charge is -2.19. The van der Waals surface area contributed by atoms with Crippen LogP contribution in [0.1, 0.15) is 0 Å². The van der Waals surface area contributed by atoms with Crippen molar-refractivity contribution in [3.05, 3.63) is 218 Å². The van der Waals surface area contributed by atoms with Crippen LogP contribution in [0.15, 0.2) is 223 Å². The quantitative estimate of drug-likeness (QED) is 0.158. The highest BCUT2D eigenvalue weighted by Gasteiger charge is 2.20. The first kappa shape index (κ1) is 34.5. The molecule has 0 saturated heterocycles. The van der Waals surface area contributed by atoms with Crippen molar-refractivity contribution in [3.8, 4) is 55.6 Å². The van der Waals surface area contributed by atoms with Gasteiger partial charge in [0.25, 0.3) is 0 Å². The minimum absolute atomic E-state index is 0.897. The summed E-state index contributed by atoms with van der Waals surface area (Å²) in [6, 6.07) is 80.9. The van der Waals surface area contributed by atoms with Crippen LogP contribution in [0.4, 0.5) is 0 Å². The first-order chi connectivity index (χ1) is 31.2. The van der Waals surface area contributed by atoms with E-state index in [9.17, 15) is 0 Å². The number of hydrogen-bond acceptors (Lipinski definition) is 1. The summed E-state index contributed by atoms with van der Waals surface area (Å²) in [7, 11) is 0. The van der Waals surface area contributed by atoms with Crippen LogP contribution < -0.4 is 0 Å². The zero-order valence-corrected chi connectivity index (χ0v) is 34.2. The molecule has 0 N–H and O–H groups in total. The molecule has 290 valence electrons. The minimum atomic E-state index is 0.897. The molecular formula is C62H36O. The van der Waals surface area contributed by atoms with Crippen molar-refractivity contribution in [2.75, 3.05) is 0 Å². The number of furan rings is 1. The maximum atomic E-state index is 6.35. The van der Waals surface area contributed by atoms with E-state index in [1.54, 1.807) is 0 Å². The van der Waals surface area contributed by atoms with E-state index in [-0.39, 0.29) is 0 Å². The van der Waals surface area contributed by atoms with Gasteiger partial charge in [-0.3, -0.25) is 0 Å². The SMILES string of the molecule is c1ccc(-c2cc(-c3ccc4ccc5cccc6ccc3c4c56)ccc2-c2ccc(-c3ccc4ccc5cccc6ccc3c4c56)c(-c3ccc4oc5ccccc5c4c3)c2)cc1. The van der Waals surface area contributed by atoms with Gasteiger partial charge < -0.3 is 4.42 Å². The van der Waals surface area contributed by atoms with Crippen LogP contribution in [-0.4, -0.2) is 0 Å². The Balaban J connectivity index is 1.01. The summed E-state index contributed by atoms with van der Waals surface area (Å²) in [5.41, 5.74) is 13.8. The molecule has 0 spiro atoms. The van der Waals surface area contributed by atoms with Gasteiger partial charge in [-0.2, -0.15) is 0 Å². The molecule has 0 aliphatic heterocycles. The van der Waals surface area contributed by atoms with Gasteiger partial charge in [0.05, 0.1) is 0 Å². The van der Waals surface area contributed by atoms with Crippen molar-refractivity contribution in [1.29, 1.82) is 0 Å². The molecule has 0 radical (unpaired) electrons. The number of rotatable bonds is 5. The van der Waals surface area contributed by atoms with Gasteiger partial charge in [-0.05, 0) is 151 Å². The Morgan fingerprint density at radius 3 is 1.35 bits per heavy atom. The molecule has 13 aromatic carbocycles. The van der Waals surface area contributed by atoms with Gasteiger partial charge >= 0.3 is 0 Å². The Bertz CT molecular complexity index is 4100. The van der Waals surface area contributed by atoms with E-state index in [1.807, 2.05) is 6.07 Å². The smallest absolute Gasteiger partial charge is 0.135 e. The van der Waals surface area contributed by atoms with Gasteiger partial charge in [0.15, 0.2) is 0 Å². The highest BCUT2D eigenvalue weighted by molar-refractivity contribution is 6.27. The van der Waals surface area contributed by atoms with Crippen molar-refractivity contribution in [2.24, 2.45) is 0 Å². The van der Waals surface area contributed by atoms with Crippen LogP contribution in [0.2, 0.25) is 0 Å². The fourth-order valence-corrected chi connectivity index (χ4v) is 10.9. The van der Waals surface area contributed by atoms with Gasteiger partial charge in [0.1, 0.15) is 11.2 Å². The molecule has 1 aromatic heterocycles. The maximum Gasteiger partial charge on any atom is 0.135 e. The average molecular weight is 797 g/mol. The van der Waals surface area contributed by atoms with Crippen LogP contribution in [0.25, 0.3) is 142 Å². The summed E-state index contributed by atoms with van der Waals surface area (Å²) in [4.78, 5) is 0. The molecule has 1 heterocycles. The molecule has 0 aliphatic carbocycles. The third-order valence-electron chi connectivity index (χ3n) is 13.8. The van der Waals surface area contributed by atoms with Crippen LogP contribution in [0, 0.1) is 0 Å². The fraction of sp³-hybridized carbons (Fsp3) is 0. The topological polar surface area (TPSA) is 13.1 Å². The van der Waals surface area contributed by atoms with Gasteiger partial charge in [-0.15, -0.1) is 0 Å². The van der Waals surface area contributed by atoms with Crippen molar-refractivity contribution >= 4 is 86.6 Å². The van der Waals surface area contributed by atoms with Gasteiger partial charge in [0.2, 0.25) is 0 Å². The molecule has 0 atom stereocenters. The summed E-state index contributed by atoms with van der Waals surface area (Å²) in [6.45, 7) is 0. The minimum Gasteiger partial charge on any atom is -0.456 e. The normalized spacial score (nSPS) is 12.1. The molecule has 0 bridgehead atoms. The van der Waals surface area contributed by atoms with Crippen molar-refractivity contribution < 1.29 is 4.42 Å². The van der Waals surface area contributed by atoms with Crippen LogP contribution in [0.5, 0.6) is 0 Å². The molecule has 14 rings (SSSR count). The fourth-order valence-electron chi connectivity index (χ4n) is 10.9. The molecule has 0 saturated carbocycles. The molecular weight excluding hydrogens is 761 g/mol. The predicted molar refractivity (Wildman–Crippen MR) is 268 cm³/mol. The van der Waals surface area contributed by atoms with Crippen LogP contribution in [-0.2, 0) is 0 Å². The van der Waals surface area contributed by atoms with Gasteiger partial charge in [-0.25, -0.2) is 0 Å². The third-order valence-corrected chi connectivity index (χ3v) is 13.8. The van der Waals surface area contributed by atoms with E-state index in [0.29, 0.717) is 0 Å². The molecule has 0 unspecified atom stereocenters. The Labute approximate surface area is 363 Å². The van der Waals surface area contributed by atoms with Crippen molar-refractivity contribution in [3.63, 3.8) is 0 Å². The van der Waals surface area contributed by atoms with Gasteiger partial charge in [0, 0.05) is 10.8 Å². The third kappa shape index (κ3) is 5.11. The van der Waals surface area contributed by atoms with E-state index in [0.717, 1.165) is 27.5 Å². The van der Waals surface area contributed by atoms with Crippen LogP contribution in [0.3, 0.4) is 0 Å². The first-order valence-electron chi connectivity index (χ1n) is 21.8. The van der Waals surface area contributed by atoms with Crippen molar-refractivity contribution in [1.82, 2.24) is 0 Å². The summed E-state index contributed by atoms with van der Waals surface area (Å²) < 4.78 is 6.35. The van der Waals surface area contributed by atoms with Crippen molar-refractivity contribution in [2.45, 2.75) is 0 Å². The molecule has 14 aromatic rings. The Kier molecular flexibility index (Phi) is 7.17. The zero-order chi connectivity index (χ0) is 41.2. The van der Waals surface area contributed by atoms with E-state index in [4.69, 9.17) is 4.42 Å². The molecule has 0 fully saturated rings. The second-order valence-electron chi connectivity index (χ2n) is 17.1. The van der Waals surface area contributed by atoms with Crippen LogP contribution >= 0.6 is 0 Å². The number of fused-ring (bicyclic) bond motifs is 3. The number of hydrogen-bond donors (Lipinski definition) is 0. The van der Waals surface area contributed by atoms with E-state index < -0.39 is 0 Å². The highest BCUT2D eigenvalue weighted by Crippen LogP contribution is 2.47. The maximum absolute atomic E-state index is 6.35. The lowest BCUT2D eigenvalue weighted by atomic mass is 9.84. The highest BCUT2D eigenvalue weighted by atomic mass is 16.3. The Morgan fingerprint density at radius 1 is 0.206 bits per heavy atom. The monoisotopic (exact) mass is 796 g/mol. The lowest BCUT2D eigenvalue weighted by Crippen LogP contribution is -1.93. The second kappa shape index (κ2) is 13.1. The molecule has 63 heavy (non-hydrogen) atoms. The van der Waals surface area contributed by atoms with E-state index in [2.05, 4.69) is 212 Å². The zero-order valence-electron chi connectivity index (χ0n) is 34.2. The molecule has 0 amide bonds. The summed E-state index contributed by atoms with van der Waals surface area (Å²) >= 11 is 0. The number of benzene rings is 13. The van der Waals surface area contributed by atoms with Gasteiger partial charge in [-0.1, -0.05) is 188 Å². The molecule has 1 heteroatoms. The van der Waals surface area contributed by atoms with E-state index >= 15 is 0 Å². The number of para-hydroxylation sites is 1. The summed E-state index contributed by atoms with van der Waals surface area (Å²) in [5.74, 6) is 0. The summed E-state index contributed by atoms with van der Waals surface area (Å²) in [6.07, 6.45) is 0. The molecule has 1 nitrogen and oxygen atoms in total. The lowest BCUT2D eigenvalue weighted by molar-refractivity contribution is 0.669. The Morgan fingerprint density at radius 2 is 0.667 bits per heavy atom. The molecule has 0 aliphatic rings. The standard InChI is InChI=1S/C62H36O/c1-2-8-37(9-3-1)54-34-44(47-27-20-42-18-16-38-10-6-12-40-22-31-52(47)61(42)59(38)40)24-28-48(54)45-25-30-50(55(35-45)46-26-33-58-56(36-46)51-14-4-5-15-57(51)63-58)49-29-21-43-19-17-39-11-7-13-41-23-32-53(49)62(43)60(39)41/h1-36H. The second-order valence-corrected chi connectivity index (χ2v) is 17.1. The predicted octanol–water partition coefficient (Wildman–Crippen LogP) is 17.7.